The first-order valence-electron chi connectivity index (χ1n) is 8.81. The lowest BCUT2D eigenvalue weighted by Gasteiger charge is -2.22. The van der Waals surface area contributed by atoms with Crippen LogP contribution in [0.25, 0.3) is 10.9 Å². The molecule has 1 aliphatic rings. The third-order valence-corrected chi connectivity index (χ3v) is 6.24. The summed E-state index contributed by atoms with van der Waals surface area (Å²) in [7, 11) is 0. The van der Waals surface area contributed by atoms with Crippen LogP contribution in [-0.4, -0.2) is 34.3 Å². The van der Waals surface area contributed by atoms with E-state index in [2.05, 4.69) is 16.9 Å². The molecule has 0 radical (unpaired) electrons. The highest BCUT2D eigenvalue weighted by Crippen LogP contribution is 2.37. The van der Waals surface area contributed by atoms with Gasteiger partial charge in [-0.2, -0.15) is 0 Å². The molecule has 0 fully saturated rings. The van der Waals surface area contributed by atoms with E-state index in [0.717, 1.165) is 17.0 Å². The van der Waals surface area contributed by atoms with Gasteiger partial charge in [0.15, 0.2) is 6.61 Å². The van der Waals surface area contributed by atoms with Crippen molar-refractivity contribution in [2.75, 3.05) is 18.1 Å². The maximum absolute atomic E-state index is 13.0. The molecule has 1 aromatic heterocycles. The van der Waals surface area contributed by atoms with Crippen molar-refractivity contribution in [1.29, 1.82) is 0 Å². The van der Waals surface area contributed by atoms with Crippen LogP contribution < -0.4 is 9.64 Å². The van der Waals surface area contributed by atoms with Gasteiger partial charge in [-0.25, -0.2) is 9.97 Å². The van der Waals surface area contributed by atoms with Crippen molar-refractivity contribution in [3.05, 3.63) is 52.8 Å². The Labute approximate surface area is 177 Å². The maximum Gasteiger partial charge on any atom is 0.265 e. The molecule has 0 saturated carbocycles. The van der Waals surface area contributed by atoms with Crippen LogP contribution in [0.2, 0.25) is 10.0 Å². The lowest BCUT2D eigenvalue weighted by molar-refractivity contribution is -0.120. The summed E-state index contributed by atoms with van der Waals surface area (Å²) in [6.45, 7) is 2.69. The molecule has 5 nitrogen and oxygen atoms in total. The Balaban J connectivity index is 1.58. The molecule has 1 atom stereocenters. The number of carbonyl (C=O) groups is 1. The van der Waals surface area contributed by atoms with Crippen LogP contribution in [0.4, 0.5) is 5.69 Å². The highest BCUT2D eigenvalue weighted by molar-refractivity contribution is 8.00. The zero-order valence-electron chi connectivity index (χ0n) is 15.1. The molecular formula is C20H17Cl2N3O2S. The van der Waals surface area contributed by atoms with Gasteiger partial charge in [0.25, 0.3) is 5.91 Å². The van der Waals surface area contributed by atoms with Gasteiger partial charge in [0.05, 0.1) is 21.6 Å². The first kappa shape index (κ1) is 19.3. The summed E-state index contributed by atoms with van der Waals surface area (Å²) < 4.78 is 5.76. The van der Waals surface area contributed by atoms with Crippen molar-refractivity contribution in [3.63, 3.8) is 0 Å². The molecule has 0 bridgehead atoms. The predicted octanol–water partition coefficient (Wildman–Crippen LogP) is 5.23. The molecule has 0 saturated heterocycles. The van der Waals surface area contributed by atoms with E-state index in [1.807, 2.05) is 24.3 Å². The summed E-state index contributed by atoms with van der Waals surface area (Å²) >= 11 is 14.1. The van der Waals surface area contributed by atoms with E-state index >= 15 is 0 Å². The summed E-state index contributed by atoms with van der Waals surface area (Å²) in [6.07, 6.45) is 2.27. The molecule has 3 aromatic rings. The van der Waals surface area contributed by atoms with Crippen molar-refractivity contribution in [2.24, 2.45) is 0 Å². The van der Waals surface area contributed by atoms with Crippen LogP contribution >= 0.6 is 35.0 Å². The zero-order chi connectivity index (χ0) is 19.7. The molecule has 0 aliphatic carbocycles. The topological polar surface area (TPSA) is 55.3 Å². The quantitative estimate of drug-likeness (QED) is 0.565. The van der Waals surface area contributed by atoms with E-state index in [1.54, 1.807) is 28.8 Å². The van der Waals surface area contributed by atoms with Crippen molar-refractivity contribution in [3.8, 4) is 5.88 Å². The second-order valence-corrected chi connectivity index (χ2v) is 8.81. The van der Waals surface area contributed by atoms with E-state index in [1.165, 1.54) is 6.33 Å². The number of hydrogen-bond donors (Lipinski definition) is 0. The van der Waals surface area contributed by atoms with E-state index in [0.29, 0.717) is 32.7 Å². The second-order valence-electron chi connectivity index (χ2n) is 6.48. The first-order chi connectivity index (χ1) is 13.5. The van der Waals surface area contributed by atoms with Crippen molar-refractivity contribution in [1.82, 2.24) is 9.97 Å². The molecule has 0 spiro atoms. The average molecular weight is 434 g/mol. The Kier molecular flexibility index (Phi) is 5.62. The molecule has 4 rings (SSSR count). The number of rotatable bonds is 3. The number of para-hydroxylation sites is 1. The summed E-state index contributed by atoms with van der Waals surface area (Å²) in [5.41, 5.74) is 1.46. The van der Waals surface area contributed by atoms with Gasteiger partial charge < -0.3 is 9.64 Å². The zero-order valence-corrected chi connectivity index (χ0v) is 17.4. The molecular weight excluding hydrogens is 417 g/mol. The van der Waals surface area contributed by atoms with Crippen LogP contribution in [-0.2, 0) is 4.79 Å². The van der Waals surface area contributed by atoms with E-state index in [4.69, 9.17) is 27.9 Å². The van der Waals surface area contributed by atoms with E-state index < -0.39 is 0 Å². The molecule has 144 valence electrons. The van der Waals surface area contributed by atoms with Gasteiger partial charge in [-0.15, -0.1) is 11.8 Å². The minimum atomic E-state index is -0.135. The Morgan fingerprint density at radius 3 is 2.96 bits per heavy atom. The first-order valence-corrected chi connectivity index (χ1v) is 10.4. The Bertz CT molecular complexity index is 1050. The van der Waals surface area contributed by atoms with Crippen LogP contribution in [0.1, 0.15) is 13.3 Å². The van der Waals surface area contributed by atoms with Gasteiger partial charge in [-0.1, -0.05) is 42.3 Å². The third kappa shape index (κ3) is 3.90. The largest absolute Gasteiger partial charge is 0.467 e. The number of nitrogens with zero attached hydrogens (tertiary/aromatic N) is 3. The molecule has 1 amide bonds. The molecule has 2 aromatic carbocycles. The van der Waals surface area contributed by atoms with Gasteiger partial charge >= 0.3 is 0 Å². The fraction of sp³-hybridized carbons (Fsp3) is 0.250. The molecule has 2 heterocycles. The van der Waals surface area contributed by atoms with Crippen LogP contribution in [0.15, 0.2) is 47.6 Å². The lowest BCUT2D eigenvalue weighted by Crippen LogP contribution is -2.36. The van der Waals surface area contributed by atoms with Gasteiger partial charge in [0.1, 0.15) is 6.33 Å². The van der Waals surface area contributed by atoms with E-state index in [-0.39, 0.29) is 18.4 Å². The number of thioether (sulfide) groups is 1. The van der Waals surface area contributed by atoms with Crippen LogP contribution in [0.5, 0.6) is 5.88 Å². The fourth-order valence-electron chi connectivity index (χ4n) is 3.14. The third-order valence-electron chi connectivity index (χ3n) is 4.50. The number of benzene rings is 2. The maximum atomic E-state index is 13.0. The monoisotopic (exact) mass is 433 g/mol. The fourth-order valence-corrected chi connectivity index (χ4v) is 4.79. The number of amides is 1. The van der Waals surface area contributed by atoms with Gasteiger partial charge in [0, 0.05) is 21.7 Å². The normalized spacial score (nSPS) is 16.5. The average Bonchev–Trinajstić information content (AvgIpc) is 2.84. The highest BCUT2D eigenvalue weighted by Gasteiger charge is 2.24. The standard InChI is InChI=1S/C20H17Cl2N3O2S/c1-12-6-7-25(16-4-2-3-5-17(16)28-12)18(26)10-27-20-14-8-13(21)9-15(22)19(14)23-11-24-20/h2-5,8-9,11-12H,6-7,10H2,1H3. The van der Waals surface area contributed by atoms with Crippen molar-refractivity contribution in [2.45, 2.75) is 23.5 Å². The number of carbonyl (C=O) groups excluding carboxylic acids is 1. The van der Waals surface area contributed by atoms with E-state index in [9.17, 15) is 4.79 Å². The molecule has 8 heteroatoms. The molecule has 0 N–H and O–H groups in total. The summed E-state index contributed by atoms with van der Waals surface area (Å²) in [5, 5.41) is 1.88. The number of hydrogen-bond acceptors (Lipinski definition) is 5. The molecule has 1 aliphatic heterocycles. The number of aromatic nitrogens is 2. The van der Waals surface area contributed by atoms with Gasteiger partial charge in [0.2, 0.25) is 5.88 Å². The smallest absolute Gasteiger partial charge is 0.265 e. The highest BCUT2D eigenvalue weighted by atomic mass is 35.5. The van der Waals surface area contributed by atoms with Crippen LogP contribution in [0, 0.1) is 0 Å². The Hall–Kier alpha value is -2.02. The van der Waals surface area contributed by atoms with Crippen molar-refractivity contribution < 1.29 is 9.53 Å². The van der Waals surface area contributed by atoms with Crippen molar-refractivity contribution >= 4 is 57.5 Å². The summed E-state index contributed by atoms with van der Waals surface area (Å²) in [5.74, 6) is 0.163. The number of halogens is 2. The molecule has 1 unspecified atom stereocenters. The minimum Gasteiger partial charge on any atom is -0.467 e. The number of fused-ring (bicyclic) bond motifs is 2. The van der Waals surface area contributed by atoms with Crippen LogP contribution in [0.3, 0.4) is 0 Å². The number of anilines is 1. The SMILES string of the molecule is CC1CCN(C(=O)COc2ncnc3c(Cl)cc(Cl)cc23)c2ccccc2S1. The van der Waals surface area contributed by atoms with Gasteiger partial charge in [-0.3, -0.25) is 4.79 Å². The Morgan fingerprint density at radius 1 is 1.29 bits per heavy atom. The predicted molar refractivity (Wildman–Crippen MR) is 114 cm³/mol. The molecule has 28 heavy (non-hydrogen) atoms. The minimum absolute atomic E-state index is 0.123. The Morgan fingerprint density at radius 2 is 2.11 bits per heavy atom. The summed E-state index contributed by atoms with van der Waals surface area (Å²) in [4.78, 5) is 24.2. The van der Waals surface area contributed by atoms with Gasteiger partial charge in [-0.05, 0) is 30.7 Å². The summed E-state index contributed by atoms with van der Waals surface area (Å²) in [6, 6.07) is 11.2. The lowest BCUT2D eigenvalue weighted by atomic mass is 10.2. The number of ether oxygens (including phenoxy) is 1. The second kappa shape index (κ2) is 8.15.